The summed E-state index contributed by atoms with van der Waals surface area (Å²) in [5, 5.41) is 0. The summed E-state index contributed by atoms with van der Waals surface area (Å²) in [6.45, 7) is 4.19. The third-order valence-corrected chi connectivity index (χ3v) is 7.14. The van der Waals surface area contributed by atoms with Crippen LogP contribution in [0, 0.1) is 0 Å². The summed E-state index contributed by atoms with van der Waals surface area (Å²) in [6, 6.07) is 4.98. The zero-order valence-electron chi connectivity index (χ0n) is 16.6. The first-order valence-corrected chi connectivity index (χ1v) is 11.2. The molecule has 1 atom stereocenters. The number of sulfonamides is 1. The molecule has 1 aliphatic heterocycles. The van der Waals surface area contributed by atoms with Gasteiger partial charge in [-0.15, -0.1) is 0 Å². The molecule has 1 aromatic carbocycles. The molecular formula is C19H28N4O4S. The van der Waals surface area contributed by atoms with E-state index in [-0.39, 0.29) is 4.90 Å². The summed E-state index contributed by atoms with van der Waals surface area (Å²) in [5.74, 6) is 0. The molecule has 1 unspecified atom stereocenters. The van der Waals surface area contributed by atoms with E-state index in [0.29, 0.717) is 30.2 Å². The van der Waals surface area contributed by atoms with Crippen LogP contribution in [0.15, 0.2) is 32.7 Å². The van der Waals surface area contributed by atoms with Crippen LogP contribution in [0.25, 0.3) is 11.0 Å². The molecule has 0 amide bonds. The lowest BCUT2D eigenvalue weighted by atomic mass is 10.0. The van der Waals surface area contributed by atoms with Gasteiger partial charge in [0.25, 0.3) is 0 Å². The van der Waals surface area contributed by atoms with Gasteiger partial charge in [-0.3, -0.25) is 14.5 Å². The number of hydrogen-bond donors (Lipinski definition) is 1. The van der Waals surface area contributed by atoms with Crippen molar-refractivity contribution in [3.05, 3.63) is 38.9 Å². The number of aromatic nitrogens is 2. The van der Waals surface area contributed by atoms with Crippen molar-refractivity contribution >= 4 is 21.1 Å². The molecule has 2 aromatic rings. The van der Waals surface area contributed by atoms with Crippen LogP contribution in [-0.4, -0.2) is 48.1 Å². The monoisotopic (exact) mass is 408 g/mol. The minimum Gasteiger partial charge on any atom is -0.305 e. The van der Waals surface area contributed by atoms with Crippen LogP contribution in [0.3, 0.4) is 0 Å². The average Bonchev–Trinajstić information content (AvgIpc) is 2.70. The van der Waals surface area contributed by atoms with Gasteiger partial charge in [-0.05, 0) is 44.0 Å². The molecule has 0 saturated carbocycles. The van der Waals surface area contributed by atoms with Crippen molar-refractivity contribution in [3.63, 3.8) is 0 Å². The summed E-state index contributed by atoms with van der Waals surface area (Å²) in [5.41, 5.74) is -0.425. The van der Waals surface area contributed by atoms with E-state index in [1.807, 2.05) is 0 Å². The first-order valence-electron chi connectivity index (χ1n) is 9.69. The number of fused-ring (bicyclic) bond motifs is 1. The quantitative estimate of drug-likeness (QED) is 0.713. The number of likely N-dealkylation sites (tertiary alicyclic amines) is 1. The van der Waals surface area contributed by atoms with Crippen LogP contribution >= 0.6 is 0 Å². The molecule has 0 aliphatic carbocycles. The number of aryl methyl sites for hydroxylation is 2. The van der Waals surface area contributed by atoms with Crippen LogP contribution in [0.1, 0.15) is 32.6 Å². The predicted octanol–water partition coefficient (Wildman–Crippen LogP) is 0.780. The molecule has 9 heteroatoms. The van der Waals surface area contributed by atoms with E-state index in [2.05, 4.69) is 16.5 Å². The standard InChI is InChI=1S/C19H28N4O4S/c1-4-14-7-5-6-11-23(14)12-10-20-28(26,27)15-8-9-16-17(13-15)22(3)19(25)18(24)21(16)2/h8-9,13-14,20H,4-7,10-12H2,1-3H3. The Morgan fingerprint density at radius 1 is 1.07 bits per heavy atom. The molecule has 1 fully saturated rings. The van der Waals surface area contributed by atoms with E-state index in [4.69, 9.17) is 0 Å². The molecule has 0 spiro atoms. The molecule has 8 nitrogen and oxygen atoms in total. The smallest absolute Gasteiger partial charge is 0.305 e. The third-order valence-electron chi connectivity index (χ3n) is 5.68. The molecule has 154 valence electrons. The fraction of sp³-hybridized carbons (Fsp3) is 0.579. The summed E-state index contributed by atoms with van der Waals surface area (Å²) < 4.78 is 30.6. The van der Waals surface area contributed by atoms with E-state index in [9.17, 15) is 18.0 Å². The molecule has 0 bridgehead atoms. The highest BCUT2D eigenvalue weighted by molar-refractivity contribution is 7.89. The van der Waals surface area contributed by atoms with Crippen molar-refractivity contribution < 1.29 is 8.42 Å². The van der Waals surface area contributed by atoms with E-state index in [0.717, 1.165) is 19.4 Å². The van der Waals surface area contributed by atoms with Crippen LogP contribution in [0.2, 0.25) is 0 Å². The van der Waals surface area contributed by atoms with Crippen LogP contribution in [0.4, 0.5) is 0 Å². The summed E-state index contributed by atoms with van der Waals surface area (Å²) in [4.78, 5) is 26.4. The second-order valence-electron chi connectivity index (χ2n) is 7.37. The van der Waals surface area contributed by atoms with Gasteiger partial charge in [0.2, 0.25) is 10.0 Å². The maximum Gasteiger partial charge on any atom is 0.316 e. The normalized spacial score (nSPS) is 18.6. The molecule has 2 heterocycles. The van der Waals surface area contributed by atoms with E-state index in [1.165, 1.54) is 48.2 Å². The molecular weight excluding hydrogens is 380 g/mol. The van der Waals surface area contributed by atoms with E-state index >= 15 is 0 Å². The Balaban J connectivity index is 1.81. The maximum atomic E-state index is 12.7. The third kappa shape index (κ3) is 3.92. The van der Waals surface area contributed by atoms with Crippen molar-refractivity contribution in [1.29, 1.82) is 0 Å². The minimum atomic E-state index is -3.71. The van der Waals surface area contributed by atoms with Gasteiger partial charge in [0.05, 0.1) is 15.9 Å². The zero-order valence-corrected chi connectivity index (χ0v) is 17.5. The number of nitrogens with zero attached hydrogens (tertiary/aromatic N) is 3. The first-order chi connectivity index (χ1) is 13.3. The number of benzene rings is 1. The van der Waals surface area contributed by atoms with Crippen molar-refractivity contribution in [2.45, 2.75) is 43.5 Å². The molecule has 1 N–H and O–H groups in total. The highest BCUT2D eigenvalue weighted by atomic mass is 32.2. The highest BCUT2D eigenvalue weighted by Gasteiger charge is 2.22. The lowest BCUT2D eigenvalue weighted by molar-refractivity contribution is 0.147. The van der Waals surface area contributed by atoms with E-state index < -0.39 is 21.1 Å². The van der Waals surface area contributed by atoms with Gasteiger partial charge in [0, 0.05) is 33.2 Å². The van der Waals surface area contributed by atoms with Crippen LogP contribution in [-0.2, 0) is 24.1 Å². The Labute approximate surface area is 164 Å². The van der Waals surface area contributed by atoms with Crippen LogP contribution < -0.4 is 15.8 Å². The van der Waals surface area contributed by atoms with Crippen LogP contribution in [0.5, 0.6) is 0 Å². The molecule has 28 heavy (non-hydrogen) atoms. The van der Waals surface area contributed by atoms with Crippen molar-refractivity contribution in [2.24, 2.45) is 14.1 Å². The van der Waals surface area contributed by atoms with Gasteiger partial charge in [0.15, 0.2) is 0 Å². The average molecular weight is 409 g/mol. The largest absolute Gasteiger partial charge is 0.316 e. The second kappa shape index (κ2) is 8.18. The maximum absolute atomic E-state index is 12.7. The number of piperidine rings is 1. The highest BCUT2D eigenvalue weighted by Crippen LogP contribution is 2.19. The lowest BCUT2D eigenvalue weighted by Crippen LogP contribution is -2.43. The Kier molecular flexibility index (Phi) is 6.07. The fourth-order valence-corrected chi connectivity index (χ4v) is 4.99. The summed E-state index contributed by atoms with van der Waals surface area (Å²) >= 11 is 0. The van der Waals surface area contributed by atoms with Gasteiger partial charge in [-0.1, -0.05) is 13.3 Å². The second-order valence-corrected chi connectivity index (χ2v) is 9.14. The Bertz CT molecular complexity index is 1090. The van der Waals surface area contributed by atoms with Crippen molar-refractivity contribution in [1.82, 2.24) is 18.8 Å². The van der Waals surface area contributed by atoms with Gasteiger partial charge >= 0.3 is 11.1 Å². The topological polar surface area (TPSA) is 93.4 Å². The SMILES string of the molecule is CCC1CCCCN1CCNS(=O)(=O)c1ccc2c(c1)n(C)c(=O)c(=O)n2C. The fourth-order valence-electron chi connectivity index (χ4n) is 3.95. The minimum absolute atomic E-state index is 0.0827. The van der Waals surface area contributed by atoms with E-state index in [1.54, 1.807) is 6.07 Å². The Morgan fingerprint density at radius 2 is 1.75 bits per heavy atom. The molecule has 3 rings (SSSR count). The van der Waals surface area contributed by atoms with Gasteiger partial charge in [0.1, 0.15) is 0 Å². The first kappa shape index (κ1) is 20.8. The Hall–Kier alpha value is -1.97. The molecule has 1 aliphatic rings. The summed E-state index contributed by atoms with van der Waals surface area (Å²) in [6.07, 6.45) is 4.63. The number of rotatable bonds is 6. The number of nitrogens with one attached hydrogen (secondary N) is 1. The summed E-state index contributed by atoms with van der Waals surface area (Å²) in [7, 11) is -0.738. The Morgan fingerprint density at radius 3 is 2.43 bits per heavy atom. The van der Waals surface area contributed by atoms with Crippen molar-refractivity contribution in [3.8, 4) is 0 Å². The lowest BCUT2D eigenvalue weighted by Gasteiger charge is -2.35. The molecule has 1 aromatic heterocycles. The molecule has 0 radical (unpaired) electrons. The van der Waals surface area contributed by atoms with Gasteiger partial charge in [-0.2, -0.15) is 0 Å². The van der Waals surface area contributed by atoms with Gasteiger partial charge in [-0.25, -0.2) is 13.1 Å². The molecule has 1 saturated heterocycles. The van der Waals surface area contributed by atoms with Gasteiger partial charge < -0.3 is 9.13 Å². The zero-order chi connectivity index (χ0) is 20.5. The number of hydrogen-bond acceptors (Lipinski definition) is 5. The predicted molar refractivity (Wildman–Crippen MR) is 109 cm³/mol. The van der Waals surface area contributed by atoms with Crippen molar-refractivity contribution in [2.75, 3.05) is 19.6 Å².